The molecule has 0 spiro atoms. The molecule has 0 atom stereocenters. The molecule has 2 heterocycles. The molecular weight excluding hydrogens is 559 g/mol. The minimum Gasteiger partial charge on any atom is -0.497 e. The van der Waals surface area contributed by atoms with E-state index in [0.29, 0.717) is 30.8 Å². The number of ether oxygens (including phenoxy) is 3. The monoisotopic (exact) mass is 579 g/mol. The molecule has 0 aliphatic carbocycles. The van der Waals surface area contributed by atoms with Crippen LogP contribution in [0, 0.1) is 0 Å². The molecule has 0 unspecified atom stereocenters. The number of methoxy groups -OCH3 is 2. The Bertz CT molecular complexity index is 1650. The zero-order chi connectivity index (χ0) is 27.5. The molecule has 0 bridgehead atoms. The molecule has 0 N–H and O–H groups in total. The van der Waals surface area contributed by atoms with Crippen LogP contribution in [0.15, 0.2) is 74.8 Å². The molecule has 1 saturated heterocycles. The number of thiocarbonyl (C=S) groups is 1. The number of esters is 1. The van der Waals surface area contributed by atoms with Gasteiger partial charge in [-0.15, -0.1) is 0 Å². The van der Waals surface area contributed by atoms with Gasteiger partial charge >= 0.3 is 10.9 Å². The molecule has 1 aliphatic rings. The minimum absolute atomic E-state index is 0.0697. The van der Waals surface area contributed by atoms with Gasteiger partial charge in [0.25, 0.3) is 5.91 Å². The van der Waals surface area contributed by atoms with Crippen LogP contribution in [0.2, 0.25) is 0 Å². The van der Waals surface area contributed by atoms with Crippen molar-refractivity contribution in [2.45, 2.75) is 6.42 Å². The van der Waals surface area contributed by atoms with Crippen molar-refractivity contribution in [1.29, 1.82) is 0 Å². The smallest absolute Gasteiger partial charge is 0.396 e. The molecule has 8 nitrogen and oxygen atoms in total. The van der Waals surface area contributed by atoms with E-state index < -0.39 is 10.9 Å². The number of carbonyl (C=O) groups is 2. The second-order valence-electron chi connectivity index (χ2n) is 8.31. The van der Waals surface area contributed by atoms with Gasteiger partial charge < -0.3 is 18.6 Å². The molecule has 5 rings (SSSR count). The van der Waals surface area contributed by atoms with Gasteiger partial charge in [-0.1, -0.05) is 59.6 Å². The van der Waals surface area contributed by atoms with Gasteiger partial charge in [-0.25, -0.2) is 4.79 Å². The normalized spacial score (nSPS) is 14.3. The Labute approximate surface area is 236 Å². The van der Waals surface area contributed by atoms with Crippen LogP contribution in [0.25, 0.3) is 27.5 Å². The number of carbonyl (C=O) groups excluding carboxylic acids is 2. The highest BCUT2D eigenvalue weighted by Gasteiger charge is 2.32. The number of hydrogen-bond donors (Lipinski definition) is 0. The lowest BCUT2D eigenvalue weighted by atomic mass is 10.0. The number of rotatable bonds is 8. The number of hydrogen-bond acceptors (Lipinski definition) is 10. The summed E-state index contributed by atoms with van der Waals surface area (Å²) in [6.07, 6.45) is 1.68. The molecule has 1 aliphatic heterocycles. The standard InChI is InChI=1S/C28H21NO7S3/c1-33-18-7-3-16(4-8-18)13-23-26(31)29(27(37)38-23)12-11-24(30)35-20-14-21(17-5-9-19(34-2)10-6-17)25-22(15-20)39-28(32)36-25/h3-10,13-15H,11-12H2,1-2H3. The summed E-state index contributed by atoms with van der Waals surface area (Å²) in [5, 5.41) is 0. The Morgan fingerprint density at radius 3 is 2.31 bits per heavy atom. The van der Waals surface area contributed by atoms with Crippen LogP contribution in [0.5, 0.6) is 17.2 Å². The van der Waals surface area contributed by atoms with Crippen LogP contribution in [-0.2, 0) is 9.59 Å². The summed E-state index contributed by atoms with van der Waals surface area (Å²) in [5.74, 6) is 0.855. The zero-order valence-electron chi connectivity index (χ0n) is 20.8. The van der Waals surface area contributed by atoms with Crippen molar-refractivity contribution in [1.82, 2.24) is 4.90 Å². The Balaban J connectivity index is 1.28. The van der Waals surface area contributed by atoms with Gasteiger partial charge in [0.05, 0.1) is 30.2 Å². The lowest BCUT2D eigenvalue weighted by Crippen LogP contribution is -2.31. The zero-order valence-corrected chi connectivity index (χ0v) is 23.2. The third kappa shape index (κ3) is 5.90. The van der Waals surface area contributed by atoms with E-state index in [-0.39, 0.29) is 24.6 Å². The van der Waals surface area contributed by atoms with Crippen molar-refractivity contribution in [3.8, 4) is 28.4 Å². The van der Waals surface area contributed by atoms with E-state index in [2.05, 4.69) is 0 Å². The van der Waals surface area contributed by atoms with Crippen molar-refractivity contribution in [2.24, 2.45) is 0 Å². The molecule has 0 radical (unpaired) electrons. The quantitative estimate of drug-likeness (QED) is 0.112. The maximum atomic E-state index is 12.9. The first kappa shape index (κ1) is 26.7. The van der Waals surface area contributed by atoms with Crippen molar-refractivity contribution in [3.63, 3.8) is 0 Å². The van der Waals surface area contributed by atoms with E-state index in [1.54, 1.807) is 44.6 Å². The average molecular weight is 580 g/mol. The second kappa shape index (κ2) is 11.4. The first-order valence-corrected chi connectivity index (χ1v) is 13.7. The molecule has 11 heteroatoms. The second-order valence-corrected chi connectivity index (χ2v) is 11.0. The third-order valence-corrected chi connectivity index (χ3v) is 8.02. The van der Waals surface area contributed by atoms with E-state index in [1.807, 2.05) is 36.4 Å². The molecule has 3 aromatic carbocycles. The first-order valence-electron chi connectivity index (χ1n) is 11.7. The lowest BCUT2D eigenvalue weighted by molar-refractivity contribution is -0.134. The summed E-state index contributed by atoms with van der Waals surface area (Å²) < 4.78 is 22.3. The van der Waals surface area contributed by atoms with Crippen LogP contribution in [0.1, 0.15) is 12.0 Å². The van der Waals surface area contributed by atoms with Crippen LogP contribution in [0.3, 0.4) is 0 Å². The van der Waals surface area contributed by atoms with E-state index in [4.69, 9.17) is 30.8 Å². The fraction of sp³-hybridized carbons (Fsp3) is 0.143. The van der Waals surface area contributed by atoms with Crippen molar-refractivity contribution in [2.75, 3.05) is 20.8 Å². The van der Waals surface area contributed by atoms with Crippen LogP contribution < -0.4 is 19.1 Å². The Morgan fingerprint density at radius 1 is 0.974 bits per heavy atom. The van der Waals surface area contributed by atoms with Gasteiger partial charge in [0.1, 0.15) is 21.6 Å². The highest BCUT2D eigenvalue weighted by molar-refractivity contribution is 8.26. The number of fused-ring (bicyclic) bond motifs is 1. The summed E-state index contributed by atoms with van der Waals surface area (Å²) in [5.41, 5.74) is 2.62. The Morgan fingerprint density at radius 2 is 1.64 bits per heavy atom. The third-order valence-electron chi connectivity index (χ3n) is 5.87. The van der Waals surface area contributed by atoms with E-state index in [0.717, 1.165) is 28.2 Å². The van der Waals surface area contributed by atoms with Gasteiger partial charge in [-0.2, -0.15) is 0 Å². The van der Waals surface area contributed by atoms with Crippen molar-refractivity contribution >= 4 is 67.9 Å². The van der Waals surface area contributed by atoms with E-state index >= 15 is 0 Å². The van der Waals surface area contributed by atoms with Crippen LogP contribution in [0.4, 0.5) is 0 Å². The Kier molecular flexibility index (Phi) is 7.82. The van der Waals surface area contributed by atoms with Gasteiger partial charge in [0.15, 0.2) is 5.58 Å². The highest BCUT2D eigenvalue weighted by atomic mass is 32.2. The maximum absolute atomic E-state index is 12.9. The van der Waals surface area contributed by atoms with Crippen molar-refractivity contribution < 1.29 is 28.2 Å². The lowest BCUT2D eigenvalue weighted by Gasteiger charge is -2.14. The van der Waals surface area contributed by atoms with Gasteiger partial charge in [0, 0.05) is 18.2 Å². The minimum atomic E-state index is -0.543. The molecule has 39 heavy (non-hydrogen) atoms. The summed E-state index contributed by atoms with van der Waals surface area (Å²) in [7, 11) is 3.16. The van der Waals surface area contributed by atoms with Gasteiger partial charge in [-0.05, 0) is 47.5 Å². The largest absolute Gasteiger partial charge is 0.497 e. The van der Waals surface area contributed by atoms with Crippen molar-refractivity contribution in [3.05, 3.63) is 80.9 Å². The molecule has 0 saturated carbocycles. The highest BCUT2D eigenvalue weighted by Crippen LogP contribution is 2.36. The number of benzene rings is 3. The fourth-order valence-corrected chi connectivity index (χ4v) is 5.96. The number of amides is 1. The van der Waals surface area contributed by atoms with Crippen LogP contribution >= 0.6 is 35.3 Å². The van der Waals surface area contributed by atoms with Gasteiger partial charge in [-0.3, -0.25) is 14.5 Å². The molecular formula is C28H21NO7S3. The molecule has 198 valence electrons. The molecule has 1 amide bonds. The molecule has 1 aromatic heterocycles. The Hall–Kier alpha value is -3.93. The fourth-order valence-electron chi connectivity index (χ4n) is 3.93. The van der Waals surface area contributed by atoms with E-state index in [1.165, 1.54) is 16.7 Å². The SMILES string of the molecule is COc1ccc(C=C2SC(=S)N(CCC(=O)Oc3cc(-c4ccc(OC)cc4)c4oc(=O)sc4c3)C2=O)cc1. The number of nitrogens with zero attached hydrogens (tertiary/aromatic N) is 1. The molecule has 4 aromatic rings. The predicted molar refractivity (Wildman–Crippen MR) is 155 cm³/mol. The topological polar surface area (TPSA) is 95.3 Å². The summed E-state index contributed by atoms with van der Waals surface area (Å²) >= 11 is 7.49. The summed E-state index contributed by atoms with van der Waals surface area (Å²) in [6, 6.07) is 17.8. The maximum Gasteiger partial charge on any atom is 0.396 e. The predicted octanol–water partition coefficient (Wildman–Crippen LogP) is 5.74. The first-order chi connectivity index (χ1) is 18.8. The van der Waals surface area contributed by atoms with E-state index in [9.17, 15) is 14.4 Å². The van der Waals surface area contributed by atoms with Gasteiger partial charge in [0.2, 0.25) is 0 Å². The summed E-state index contributed by atoms with van der Waals surface area (Å²) in [6.45, 7) is 0.0794. The average Bonchev–Trinajstić information content (AvgIpc) is 3.44. The number of thioether (sulfide) groups is 1. The summed E-state index contributed by atoms with van der Waals surface area (Å²) in [4.78, 5) is 39.0. The van der Waals surface area contributed by atoms with Crippen LogP contribution in [-0.4, -0.2) is 41.9 Å². The molecule has 1 fully saturated rings.